The molecule has 0 spiro atoms. The number of ether oxygens (including phenoxy) is 1. The SMILES string of the molecule is Cc1cc(C)c(OCCNC(=O)NCc2ccccc2C)c(C)c1. The van der Waals surface area contributed by atoms with Crippen LogP contribution in [0.1, 0.15) is 27.8 Å². The van der Waals surface area contributed by atoms with Crippen molar-refractivity contribution in [3.8, 4) is 5.75 Å². The lowest BCUT2D eigenvalue weighted by molar-refractivity contribution is 0.236. The first-order valence-corrected chi connectivity index (χ1v) is 8.24. The average molecular weight is 326 g/mol. The standard InChI is InChI=1S/C20H26N2O2/c1-14-11-16(3)19(17(4)12-14)24-10-9-21-20(23)22-13-18-8-6-5-7-15(18)2/h5-8,11-12H,9-10,13H2,1-4H3,(H2,21,22,23). The highest BCUT2D eigenvalue weighted by atomic mass is 16.5. The van der Waals surface area contributed by atoms with Gasteiger partial charge in [0.25, 0.3) is 0 Å². The predicted molar refractivity (Wildman–Crippen MR) is 97.6 cm³/mol. The molecule has 2 rings (SSSR count). The zero-order valence-corrected chi connectivity index (χ0v) is 14.9. The van der Waals surface area contributed by atoms with Gasteiger partial charge in [-0.1, -0.05) is 42.0 Å². The van der Waals surface area contributed by atoms with Crippen molar-refractivity contribution in [2.75, 3.05) is 13.2 Å². The molecule has 2 amide bonds. The van der Waals surface area contributed by atoms with E-state index in [1.54, 1.807) is 0 Å². The van der Waals surface area contributed by atoms with Crippen LogP contribution >= 0.6 is 0 Å². The Morgan fingerprint density at radius 3 is 2.29 bits per heavy atom. The molecule has 4 heteroatoms. The maximum atomic E-state index is 11.8. The van der Waals surface area contributed by atoms with Gasteiger partial charge in [0.1, 0.15) is 12.4 Å². The second-order valence-electron chi connectivity index (χ2n) is 6.11. The van der Waals surface area contributed by atoms with Crippen LogP contribution in [0.2, 0.25) is 0 Å². The Morgan fingerprint density at radius 2 is 1.62 bits per heavy atom. The maximum absolute atomic E-state index is 11.8. The molecule has 0 saturated carbocycles. The molecule has 0 aliphatic heterocycles. The van der Waals surface area contributed by atoms with Crippen molar-refractivity contribution in [1.29, 1.82) is 0 Å². The van der Waals surface area contributed by atoms with Gasteiger partial charge >= 0.3 is 6.03 Å². The topological polar surface area (TPSA) is 50.4 Å². The normalized spacial score (nSPS) is 10.3. The molecule has 2 aromatic carbocycles. The van der Waals surface area contributed by atoms with Crippen molar-refractivity contribution < 1.29 is 9.53 Å². The Morgan fingerprint density at radius 1 is 0.958 bits per heavy atom. The van der Waals surface area contributed by atoms with E-state index in [4.69, 9.17) is 4.74 Å². The van der Waals surface area contributed by atoms with E-state index in [2.05, 4.69) is 29.7 Å². The second kappa shape index (κ2) is 8.39. The number of aryl methyl sites for hydroxylation is 4. The number of benzene rings is 2. The fourth-order valence-electron chi connectivity index (χ4n) is 2.76. The number of hydrogen-bond acceptors (Lipinski definition) is 2. The largest absolute Gasteiger partial charge is 0.491 e. The molecular weight excluding hydrogens is 300 g/mol. The molecule has 24 heavy (non-hydrogen) atoms. The molecule has 2 N–H and O–H groups in total. The highest BCUT2D eigenvalue weighted by Gasteiger charge is 2.06. The highest BCUT2D eigenvalue weighted by Crippen LogP contribution is 2.24. The number of nitrogens with one attached hydrogen (secondary N) is 2. The number of hydrogen-bond donors (Lipinski definition) is 2. The molecule has 0 radical (unpaired) electrons. The monoisotopic (exact) mass is 326 g/mol. The van der Waals surface area contributed by atoms with Gasteiger partial charge in [-0.25, -0.2) is 4.79 Å². The minimum Gasteiger partial charge on any atom is -0.491 e. The van der Waals surface area contributed by atoms with Gasteiger partial charge in [-0.2, -0.15) is 0 Å². The summed E-state index contributed by atoms with van der Waals surface area (Å²) in [5.74, 6) is 0.905. The second-order valence-corrected chi connectivity index (χ2v) is 6.11. The van der Waals surface area contributed by atoms with E-state index >= 15 is 0 Å². The molecule has 0 atom stereocenters. The third kappa shape index (κ3) is 5.01. The van der Waals surface area contributed by atoms with Gasteiger partial charge in [-0.05, 0) is 49.9 Å². The summed E-state index contributed by atoms with van der Waals surface area (Å²) in [7, 11) is 0. The first-order valence-electron chi connectivity index (χ1n) is 8.24. The zero-order chi connectivity index (χ0) is 17.5. The van der Waals surface area contributed by atoms with E-state index < -0.39 is 0 Å². The van der Waals surface area contributed by atoms with Crippen molar-refractivity contribution >= 4 is 6.03 Å². The number of carbonyl (C=O) groups excluding carboxylic acids is 1. The van der Waals surface area contributed by atoms with Crippen LogP contribution in [0.15, 0.2) is 36.4 Å². The van der Waals surface area contributed by atoms with Crippen molar-refractivity contribution in [1.82, 2.24) is 10.6 Å². The fraction of sp³-hybridized carbons (Fsp3) is 0.350. The van der Waals surface area contributed by atoms with Crippen LogP contribution in [0.4, 0.5) is 4.79 Å². The number of rotatable bonds is 6. The highest BCUT2D eigenvalue weighted by molar-refractivity contribution is 5.73. The van der Waals surface area contributed by atoms with E-state index in [1.807, 2.05) is 45.0 Å². The third-order valence-electron chi connectivity index (χ3n) is 3.94. The van der Waals surface area contributed by atoms with Crippen molar-refractivity contribution in [3.05, 3.63) is 64.2 Å². The summed E-state index contributed by atoms with van der Waals surface area (Å²) in [6.45, 7) is 9.62. The summed E-state index contributed by atoms with van der Waals surface area (Å²) in [5, 5.41) is 5.68. The maximum Gasteiger partial charge on any atom is 0.315 e. The number of urea groups is 1. The number of carbonyl (C=O) groups is 1. The summed E-state index contributed by atoms with van der Waals surface area (Å²) >= 11 is 0. The van der Waals surface area contributed by atoms with Crippen LogP contribution < -0.4 is 15.4 Å². The van der Waals surface area contributed by atoms with Crippen LogP contribution in [0.5, 0.6) is 5.75 Å². The molecule has 0 aliphatic carbocycles. The number of amides is 2. The summed E-state index contributed by atoms with van der Waals surface area (Å²) < 4.78 is 5.81. The molecule has 0 bridgehead atoms. The first kappa shape index (κ1) is 17.9. The van der Waals surface area contributed by atoms with Gasteiger partial charge in [0.05, 0.1) is 6.54 Å². The molecule has 2 aromatic rings. The van der Waals surface area contributed by atoms with E-state index in [0.717, 1.165) is 22.4 Å². The lowest BCUT2D eigenvalue weighted by Gasteiger charge is -2.14. The van der Waals surface area contributed by atoms with Crippen molar-refractivity contribution in [3.63, 3.8) is 0 Å². The van der Waals surface area contributed by atoms with E-state index in [-0.39, 0.29) is 6.03 Å². The summed E-state index contributed by atoms with van der Waals surface area (Å²) in [6.07, 6.45) is 0. The van der Waals surface area contributed by atoms with Gasteiger partial charge in [-0.3, -0.25) is 0 Å². The Hall–Kier alpha value is -2.49. The Kier molecular flexibility index (Phi) is 6.24. The van der Waals surface area contributed by atoms with Gasteiger partial charge in [0, 0.05) is 6.54 Å². The zero-order valence-electron chi connectivity index (χ0n) is 14.9. The van der Waals surface area contributed by atoms with E-state index in [0.29, 0.717) is 19.7 Å². The van der Waals surface area contributed by atoms with Gasteiger partial charge in [-0.15, -0.1) is 0 Å². The summed E-state index contributed by atoms with van der Waals surface area (Å²) in [6, 6.07) is 12.0. The summed E-state index contributed by atoms with van der Waals surface area (Å²) in [5.41, 5.74) is 5.76. The van der Waals surface area contributed by atoms with Crippen LogP contribution in [-0.4, -0.2) is 19.2 Å². The predicted octanol–water partition coefficient (Wildman–Crippen LogP) is 3.80. The van der Waals surface area contributed by atoms with E-state index in [1.165, 1.54) is 11.1 Å². The molecule has 0 unspecified atom stereocenters. The Labute approximate surface area is 144 Å². The first-order chi connectivity index (χ1) is 11.5. The van der Waals surface area contributed by atoms with Crippen LogP contribution in [0.25, 0.3) is 0 Å². The van der Waals surface area contributed by atoms with Crippen molar-refractivity contribution in [2.45, 2.75) is 34.2 Å². The minimum absolute atomic E-state index is 0.181. The third-order valence-corrected chi connectivity index (χ3v) is 3.94. The van der Waals surface area contributed by atoms with Gasteiger partial charge in [0.2, 0.25) is 0 Å². The van der Waals surface area contributed by atoms with Crippen LogP contribution in [-0.2, 0) is 6.54 Å². The van der Waals surface area contributed by atoms with Crippen molar-refractivity contribution in [2.24, 2.45) is 0 Å². The molecule has 0 heterocycles. The molecule has 128 valence electrons. The smallest absolute Gasteiger partial charge is 0.315 e. The fourth-order valence-corrected chi connectivity index (χ4v) is 2.76. The average Bonchev–Trinajstić information content (AvgIpc) is 2.52. The van der Waals surface area contributed by atoms with E-state index in [9.17, 15) is 4.79 Å². The molecule has 4 nitrogen and oxygen atoms in total. The van der Waals surface area contributed by atoms with Crippen LogP contribution in [0, 0.1) is 27.7 Å². The van der Waals surface area contributed by atoms with Crippen LogP contribution in [0.3, 0.4) is 0 Å². The quantitative estimate of drug-likeness (QED) is 0.793. The summed E-state index contributed by atoms with van der Waals surface area (Å²) in [4.78, 5) is 11.8. The molecule has 0 saturated heterocycles. The molecular formula is C20H26N2O2. The van der Waals surface area contributed by atoms with Gasteiger partial charge < -0.3 is 15.4 Å². The van der Waals surface area contributed by atoms with Gasteiger partial charge in [0.15, 0.2) is 0 Å². The minimum atomic E-state index is -0.181. The lowest BCUT2D eigenvalue weighted by Crippen LogP contribution is -2.37. The Bertz CT molecular complexity index is 688. The Balaban J connectivity index is 1.73. The molecule has 0 fully saturated rings. The molecule has 0 aliphatic rings. The molecule has 0 aromatic heterocycles. The lowest BCUT2D eigenvalue weighted by atomic mass is 10.1.